The molecule has 0 spiro atoms. The number of ether oxygens (including phenoxy) is 1. The maximum absolute atomic E-state index is 13.1. The zero-order valence-electron chi connectivity index (χ0n) is 14.3. The second kappa shape index (κ2) is 8.34. The number of hydrogen-bond donors (Lipinski definition) is 0. The van der Waals surface area contributed by atoms with Gasteiger partial charge in [0.05, 0.1) is 12.2 Å². The molecule has 2 aromatic carbocycles. The number of furan rings is 1. The van der Waals surface area contributed by atoms with Gasteiger partial charge < -0.3 is 9.15 Å². The van der Waals surface area contributed by atoms with Gasteiger partial charge in [-0.05, 0) is 36.8 Å². The van der Waals surface area contributed by atoms with Crippen LogP contribution in [0.15, 0.2) is 52.9 Å². The molecule has 0 atom stereocenters. The minimum absolute atomic E-state index is 0.00287. The molecule has 0 unspecified atom stereocenters. The molecule has 25 heavy (non-hydrogen) atoms. The van der Waals surface area contributed by atoms with Gasteiger partial charge in [-0.25, -0.2) is 0 Å². The summed E-state index contributed by atoms with van der Waals surface area (Å²) in [7, 11) is 0. The third-order valence-corrected chi connectivity index (χ3v) is 4.44. The van der Waals surface area contributed by atoms with Gasteiger partial charge >= 0.3 is 0 Å². The summed E-state index contributed by atoms with van der Waals surface area (Å²) >= 11 is 3.33. The zero-order valence-corrected chi connectivity index (χ0v) is 15.8. The minimum atomic E-state index is 0.00287. The first-order valence-electron chi connectivity index (χ1n) is 8.58. The smallest absolute Gasteiger partial charge is 0.197 e. The van der Waals surface area contributed by atoms with E-state index in [0.29, 0.717) is 17.7 Å². The lowest BCUT2D eigenvalue weighted by molar-refractivity contribution is 0.103. The second-order valence-electron chi connectivity index (χ2n) is 5.89. The number of ketones is 1. The molecule has 0 aliphatic rings. The summed E-state index contributed by atoms with van der Waals surface area (Å²) in [5, 5.41) is 1.66. The number of carbonyl (C=O) groups is 1. The maximum Gasteiger partial charge on any atom is 0.197 e. The standard InChI is InChI=1S/C21H21BrO3/c1-2-3-7-19-20(17-6-4-5-8-18(17)25-19)21(23)15-9-11-16(12-10-15)24-14-13-22/h4-6,8-12H,2-3,7,13-14H2,1H3. The summed E-state index contributed by atoms with van der Waals surface area (Å²) in [6.45, 7) is 2.73. The first-order chi connectivity index (χ1) is 12.2. The SMILES string of the molecule is CCCCc1oc2ccccc2c1C(=O)c1ccc(OCCBr)cc1. The van der Waals surface area contributed by atoms with Gasteiger partial charge in [-0.2, -0.15) is 0 Å². The summed E-state index contributed by atoms with van der Waals surface area (Å²) in [4.78, 5) is 13.1. The van der Waals surface area contributed by atoms with Crippen molar-refractivity contribution in [2.24, 2.45) is 0 Å². The van der Waals surface area contributed by atoms with Gasteiger partial charge in [0.2, 0.25) is 0 Å². The van der Waals surface area contributed by atoms with E-state index in [1.54, 1.807) is 0 Å². The summed E-state index contributed by atoms with van der Waals surface area (Å²) in [5.41, 5.74) is 2.11. The lowest BCUT2D eigenvalue weighted by Crippen LogP contribution is -2.04. The normalized spacial score (nSPS) is 11.0. The molecule has 0 aliphatic carbocycles. The van der Waals surface area contributed by atoms with Crippen LogP contribution in [0, 0.1) is 0 Å². The molecule has 0 saturated carbocycles. The van der Waals surface area contributed by atoms with Crippen LogP contribution in [0.2, 0.25) is 0 Å². The van der Waals surface area contributed by atoms with E-state index in [-0.39, 0.29) is 5.78 Å². The lowest BCUT2D eigenvalue weighted by Gasteiger charge is -2.06. The van der Waals surface area contributed by atoms with Gasteiger partial charge in [0.1, 0.15) is 17.1 Å². The number of unbranched alkanes of at least 4 members (excludes halogenated alkanes) is 1. The molecule has 0 bridgehead atoms. The largest absolute Gasteiger partial charge is 0.493 e. The third kappa shape index (κ3) is 3.96. The molecule has 0 aliphatic heterocycles. The van der Waals surface area contributed by atoms with Crippen molar-refractivity contribution in [3.05, 3.63) is 65.4 Å². The maximum atomic E-state index is 13.1. The van der Waals surface area contributed by atoms with Crippen LogP contribution in [-0.4, -0.2) is 17.7 Å². The van der Waals surface area contributed by atoms with E-state index in [1.165, 1.54) is 0 Å². The topological polar surface area (TPSA) is 39.4 Å². The molecule has 0 amide bonds. The first kappa shape index (κ1) is 17.7. The molecule has 0 N–H and O–H groups in total. The molecule has 0 saturated heterocycles. The molecule has 1 aromatic heterocycles. The molecule has 4 heteroatoms. The van der Waals surface area contributed by atoms with Gasteiger partial charge in [-0.15, -0.1) is 0 Å². The van der Waals surface area contributed by atoms with Crippen molar-refractivity contribution in [2.45, 2.75) is 26.2 Å². The van der Waals surface area contributed by atoms with Crippen LogP contribution in [0.5, 0.6) is 5.75 Å². The van der Waals surface area contributed by atoms with Crippen LogP contribution in [0.25, 0.3) is 11.0 Å². The Hall–Kier alpha value is -2.07. The van der Waals surface area contributed by atoms with Crippen molar-refractivity contribution >= 4 is 32.7 Å². The minimum Gasteiger partial charge on any atom is -0.493 e. The predicted octanol–water partition coefficient (Wildman–Crippen LogP) is 5.78. The quantitative estimate of drug-likeness (QED) is 0.355. The molecule has 3 nitrogen and oxygen atoms in total. The first-order valence-corrected chi connectivity index (χ1v) is 9.70. The highest BCUT2D eigenvalue weighted by molar-refractivity contribution is 9.09. The monoisotopic (exact) mass is 400 g/mol. The number of fused-ring (bicyclic) bond motifs is 1. The lowest BCUT2D eigenvalue weighted by atomic mass is 9.98. The number of para-hydroxylation sites is 1. The van der Waals surface area contributed by atoms with E-state index in [4.69, 9.17) is 9.15 Å². The van der Waals surface area contributed by atoms with E-state index in [9.17, 15) is 4.79 Å². The summed E-state index contributed by atoms with van der Waals surface area (Å²) in [6.07, 6.45) is 2.84. The van der Waals surface area contributed by atoms with E-state index in [1.807, 2.05) is 48.5 Å². The predicted molar refractivity (Wildman–Crippen MR) is 104 cm³/mol. The van der Waals surface area contributed by atoms with E-state index >= 15 is 0 Å². The molecule has 0 radical (unpaired) electrons. The number of rotatable bonds is 8. The fraction of sp³-hybridized carbons (Fsp3) is 0.286. The van der Waals surface area contributed by atoms with Gasteiger partial charge in [0.25, 0.3) is 0 Å². The summed E-state index contributed by atoms with van der Waals surface area (Å²) in [5.74, 6) is 1.55. The average molecular weight is 401 g/mol. The summed E-state index contributed by atoms with van der Waals surface area (Å²) < 4.78 is 11.5. The molecular formula is C21H21BrO3. The number of aryl methyl sites for hydroxylation is 1. The van der Waals surface area contributed by atoms with Gasteiger partial charge in [-0.1, -0.05) is 47.5 Å². The van der Waals surface area contributed by atoms with Crippen LogP contribution in [0.3, 0.4) is 0 Å². The van der Waals surface area contributed by atoms with Crippen LogP contribution < -0.4 is 4.74 Å². The zero-order chi connectivity index (χ0) is 17.6. The number of carbonyl (C=O) groups excluding carboxylic acids is 1. The van der Waals surface area contributed by atoms with Gasteiger partial charge in [0, 0.05) is 22.7 Å². The van der Waals surface area contributed by atoms with Crippen LogP contribution >= 0.6 is 15.9 Å². The molecule has 3 aromatic rings. The van der Waals surface area contributed by atoms with Crippen molar-refractivity contribution in [3.63, 3.8) is 0 Å². The number of benzene rings is 2. The molecular weight excluding hydrogens is 380 g/mol. The highest BCUT2D eigenvalue weighted by Gasteiger charge is 2.21. The third-order valence-electron chi connectivity index (χ3n) is 4.12. The number of halogens is 1. The number of hydrogen-bond acceptors (Lipinski definition) is 3. The Morgan fingerprint density at radius 1 is 1.12 bits per heavy atom. The Labute approximate surface area is 156 Å². The molecule has 130 valence electrons. The molecule has 3 rings (SSSR count). The van der Waals surface area contributed by atoms with Crippen molar-refractivity contribution in [1.82, 2.24) is 0 Å². The van der Waals surface area contributed by atoms with E-state index in [2.05, 4.69) is 22.9 Å². The van der Waals surface area contributed by atoms with Crippen molar-refractivity contribution < 1.29 is 13.9 Å². The van der Waals surface area contributed by atoms with Gasteiger partial charge in [-0.3, -0.25) is 4.79 Å². The highest BCUT2D eigenvalue weighted by Crippen LogP contribution is 2.29. The second-order valence-corrected chi connectivity index (χ2v) is 6.68. The Balaban J connectivity index is 1.95. The Bertz CT molecular complexity index is 849. The average Bonchev–Trinajstić information content (AvgIpc) is 3.02. The van der Waals surface area contributed by atoms with E-state index in [0.717, 1.165) is 47.1 Å². The van der Waals surface area contributed by atoms with Crippen molar-refractivity contribution in [3.8, 4) is 5.75 Å². The highest BCUT2D eigenvalue weighted by atomic mass is 79.9. The Morgan fingerprint density at radius 2 is 1.88 bits per heavy atom. The fourth-order valence-electron chi connectivity index (χ4n) is 2.86. The van der Waals surface area contributed by atoms with Crippen LogP contribution in [0.4, 0.5) is 0 Å². The van der Waals surface area contributed by atoms with Crippen LogP contribution in [-0.2, 0) is 6.42 Å². The van der Waals surface area contributed by atoms with Crippen molar-refractivity contribution in [2.75, 3.05) is 11.9 Å². The Kier molecular flexibility index (Phi) is 5.92. The fourth-order valence-corrected chi connectivity index (χ4v) is 3.02. The van der Waals surface area contributed by atoms with Crippen molar-refractivity contribution in [1.29, 1.82) is 0 Å². The number of alkyl halides is 1. The molecule has 1 heterocycles. The Morgan fingerprint density at radius 3 is 2.60 bits per heavy atom. The van der Waals surface area contributed by atoms with Crippen LogP contribution in [0.1, 0.15) is 41.4 Å². The van der Waals surface area contributed by atoms with Gasteiger partial charge in [0.15, 0.2) is 5.78 Å². The molecule has 0 fully saturated rings. The van der Waals surface area contributed by atoms with E-state index < -0.39 is 0 Å². The summed E-state index contributed by atoms with van der Waals surface area (Å²) in [6, 6.07) is 15.0.